The van der Waals surface area contributed by atoms with E-state index in [9.17, 15) is 9.59 Å². The highest BCUT2D eigenvalue weighted by Crippen LogP contribution is 2.34. The van der Waals surface area contributed by atoms with Gasteiger partial charge in [0.15, 0.2) is 5.75 Å². The van der Waals surface area contributed by atoms with Crippen LogP contribution in [0, 0.1) is 6.92 Å². The third-order valence-electron chi connectivity index (χ3n) is 6.70. The van der Waals surface area contributed by atoms with Crippen LogP contribution < -0.4 is 9.30 Å². The molecular formula is C24H31N6O3+. The molecule has 1 aromatic carbocycles. The predicted octanol–water partition coefficient (Wildman–Crippen LogP) is 2.44. The molecule has 9 heteroatoms. The van der Waals surface area contributed by atoms with Crippen molar-refractivity contribution in [1.82, 2.24) is 19.3 Å². The Morgan fingerprint density at radius 2 is 1.88 bits per heavy atom. The average Bonchev–Trinajstić information content (AvgIpc) is 3.33. The van der Waals surface area contributed by atoms with Crippen LogP contribution in [-0.4, -0.2) is 76.9 Å². The second kappa shape index (κ2) is 8.62. The van der Waals surface area contributed by atoms with E-state index in [0.717, 1.165) is 30.2 Å². The zero-order valence-electron chi connectivity index (χ0n) is 19.5. The Labute approximate surface area is 193 Å². The van der Waals surface area contributed by atoms with Crippen LogP contribution in [0.2, 0.25) is 0 Å². The second-order valence-corrected chi connectivity index (χ2v) is 8.82. The van der Waals surface area contributed by atoms with E-state index >= 15 is 0 Å². The Balaban J connectivity index is 1.48. The fourth-order valence-corrected chi connectivity index (χ4v) is 5.03. The molecule has 9 nitrogen and oxygen atoms in total. The largest absolute Gasteiger partial charge is 0.490 e. The third-order valence-corrected chi connectivity index (χ3v) is 6.70. The van der Waals surface area contributed by atoms with Crippen molar-refractivity contribution in [1.29, 1.82) is 0 Å². The molecule has 3 aliphatic heterocycles. The van der Waals surface area contributed by atoms with E-state index in [1.807, 2.05) is 53.4 Å². The number of para-hydroxylation sites is 2. The molecule has 5 rings (SSSR count). The first-order chi connectivity index (χ1) is 16.0. The van der Waals surface area contributed by atoms with E-state index in [4.69, 9.17) is 9.73 Å². The van der Waals surface area contributed by atoms with Crippen LogP contribution in [0.15, 0.2) is 35.5 Å². The third kappa shape index (κ3) is 3.60. The molecule has 0 spiro atoms. The molecule has 2 aromatic rings. The van der Waals surface area contributed by atoms with Gasteiger partial charge in [0.2, 0.25) is 11.9 Å². The van der Waals surface area contributed by atoms with Crippen molar-refractivity contribution in [3.05, 3.63) is 36.2 Å². The lowest BCUT2D eigenvalue weighted by atomic mass is 10.1. The van der Waals surface area contributed by atoms with Crippen LogP contribution in [0.4, 0.5) is 10.7 Å². The molecule has 1 atom stereocenters. The van der Waals surface area contributed by atoms with Crippen molar-refractivity contribution in [2.75, 3.05) is 39.8 Å². The summed E-state index contributed by atoms with van der Waals surface area (Å²) in [6.45, 7) is 7.65. The van der Waals surface area contributed by atoms with E-state index in [1.165, 1.54) is 29.1 Å². The number of carbonyl (C=O) groups excluding carboxylic acids is 2. The summed E-state index contributed by atoms with van der Waals surface area (Å²) in [4.78, 5) is 36.6. The van der Waals surface area contributed by atoms with Gasteiger partial charge in [-0.15, -0.1) is 0 Å². The number of aliphatic imine (C=N–C) groups is 1. The fraction of sp³-hybridized carbons (Fsp3) is 0.500. The molecule has 2 fully saturated rings. The molecule has 3 amide bonds. The summed E-state index contributed by atoms with van der Waals surface area (Å²) in [5.74, 6) is 1.62. The van der Waals surface area contributed by atoms with Gasteiger partial charge in [-0.25, -0.2) is 9.36 Å². The van der Waals surface area contributed by atoms with Crippen molar-refractivity contribution < 1.29 is 18.9 Å². The number of amides is 3. The van der Waals surface area contributed by atoms with Crippen LogP contribution >= 0.6 is 0 Å². The topological polar surface area (TPSA) is 74.3 Å². The molecule has 174 valence electrons. The molecular weight excluding hydrogens is 420 g/mol. The summed E-state index contributed by atoms with van der Waals surface area (Å²) >= 11 is 0. The highest BCUT2D eigenvalue weighted by Gasteiger charge is 2.53. The molecule has 4 heterocycles. The number of rotatable bonds is 6. The van der Waals surface area contributed by atoms with E-state index in [2.05, 4.69) is 4.90 Å². The summed E-state index contributed by atoms with van der Waals surface area (Å²) in [6.07, 6.45) is 5.54. The number of ether oxygens (including phenoxy) is 1. The number of aryl methyl sites for hydroxylation is 1. The number of piperidine rings is 1. The van der Waals surface area contributed by atoms with E-state index in [0.29, 0.717) is 31.5 Å². The number of imidazole rings is 1. The number of hydrogen-bond donors (Lipinski definition) is 0. The summed E-state index contributed by atoms with van der Waals surface area (Å²) in [7, 11) is 1.70. The van der Waals surface area contributed by atoms with Gasteiger partial charge in [0.05, 0.1) is 6.61 Å². The molecule has 0 aliphatic carbocycles. The Kier molecular flexibility index (Phi) is 5.65. The number of amidine groups is 1. The minimum Gasteiger partial charge on any atom is -0.490 e. The van der Waals surface area contributed by atoms with Crippen molar-refractivity contribution in [3.8, 4) is 11.4 Å². The number of nitrogens with zero attached hydrogens (tertiary/aromatic N) is 6. The molecule has 1 aromatic heterocycles. The first-order valence-electron chi connectivity index (χ1n) is 11.8. The van der Waals surface area contributed by atoms with Crippen LogP contribution in [0.5, 0.6) is 5.75 Å². The van der Waals surface area contributed by atoms with Crippen LogP contribution in [0.3, 0.4) is 0 Å². The quantitative estimate of drug-likeness (QED) is 0.633. The number of likely N-dealkylation sites (N-methyl/N-ethyl adjacent to an activating group) is 1. The standard InChI is InChI=1S/C24H31N6O3/c1-4-33-19-11-7-6-10-18(19)30-17(2)16-29-20-21(25-23(29)30)26(3)24(32)28(22(20)31)15-14-27-12-8-5-9-13-27/h6-7,10-11,16,20H,4-5,8-9,12-15H2,1-3H3/q+1. The number of hydrogen-bond acceptors (Lipinski definition) is 5. The first-order valence-corrected chi connectivity index (χ1v) is 11.8. The monoisotopic (exact) mass is 451 g/mol. The number of benzene rings is 1. The van der Waals surface area contributed by atoms with Gasteiger partial charge in [0.1, 0.15) is 17.6 Å². The molecule has 33 heavy (non-hydrogen) atoms. The van der Waals surface area contributed by atoms with Gasteiger partial charge >= 0.3 is 12.0 Å². The minimum atomic E-state index is -0.636. The van der Waals surface area contributed by atoms with Crippen LogP contribution in [-0.2, 0) is 4.79 Å². The normalized spacial score (nSPS) is 20.7. The fourth-order valence-electron chi connectivity index (χ4n) is 5.03. The number of urea groups is 1. The molecule has 0 radical (unpaired) electrons. The highest BCUT2D eigenvalue weighted by molar-refractivity contribution is 6.19. The summed E-state index contributed by atoms with van der Waals surface area (Å²) in [6, 6.07) is 6.84. The number of aromatic nitrogens is 2. The van der Waals surface area contributed by atoms with Crippen molar-refractivity contribution in [2.24, 2.45) is 4.99 Å². The van der Waals surface area contributed by atoms with Crippen molar-refractivity contribution >= 4 is 23.7 Å². The summed E-state index contributed by atoms with van der Waals surface area (Å²) < 4.78 is 9.70. The molecule has 0 bridgehead atoms. The number of imide groups is 1. The summed E-state index contributed by atoms with van der Waals surface area (Å²) in [5, 5.41) is 0. The average molecular weight is 452 g/mol. The van der Waals surface area contributed by atoms with Crippen molar-refractivity contribution in [3.63, 3.8) is 0 Å². The Morgan fingerprint density at radius 1 is 1.12 bits per heavy atom. The van der Waals surface area contributed by atoms with Gasteiger partial charge in [-0.3, -0.25) is 14.6 Å². The maximum atomic E-state index is 13.5. The maximum Gasteiger partial charge on any atom is 0.407 e. The van der Waals surface area contributed by atoms with Gasteiger partial charge in [-0.05, 0) is 51.9 Å². The van der Waals surface area contributed by atoms with E-state index in [1.54, 1.807) is 7.05 Å². The smallest absolute Gasteiger partial charge is 0.407 e. The Bertz CT molecular complexity index is 1120. The first kappa shape index (κ1) is 21.6. The van der Waals surface area contributed by atoms with Gasteiger partial charge in [0, 0.05) is 20.1 Å². The van der Waals surface area contributed by atoms with E-state index < -0.39 is 6.04 Å². The van der Waals surface area contributed by atoms with Crippen LogP contribution in [0.25, 0.3) is 5.69 Å². The van der Waals surface area contributed by atoms with Crippen LogP contribution in [0.1, 0.15) is 37.9 Å². The molecule has 3 aliphatic rings. The number of likely N-dealkylation sites (tertiary alicyclic amines) is 1. The van der Waals surface area contributed by atoms with Crippen molar-refractivity contribution in [2.45, 2.75) is 39.2 Å². The molecule has 1 unspecified atom stereocenters. The van der Waals surface area contributed by atoms with Gasteiger partial charge in [0.25, 0.3) is 5.91 Å². The molecule has 0 N–H and O–H groups in total. The lowest BCUT2D eigenvalue weighted by Gasteiger charge is -2.35. The zero-order chi connectivity index (χ0) is 23.1. The zero-order valence-corrected chi connectivity index (χ0v) is 19.5. The maximum absolute atomic E-state index is 13.5. The highest BCUT2D eigenvalue weighted by atomic mass is 16.5. The second-order valence-electron chi connectivity index (χ2n) is 8.82. The predicted molar refractivity (Wildman–Crippen MR) is 123 cm³/mol. The molecule has 0 saturated carbocycles. The number of fused-ring (bicyclic) bond motifs is 3. The molecule has 2 saturated heterocycles. The van der Waals surface area contributed by atoms with Gasteiger partial charge in [-0.2, -0.15) is 4.57 Å². The Hall–Kier alpha value is -3.20. The SMILES string of the molecule is CCOc1ccccc1-n1c(C)c[n+]2c1N=C1C2C(=O)N(CCN2CCCCC2)C(=O)N1C. The van der Waals surface area contributed by atoms with Gasteiger partial charge in [-0.1, -0.05) is 23.5 Å². The lowest BCUT2D eigenvalue weighted by molar-refractivity contribution is -0.676. The number of carbonyl (C=O) groups is 2. The lowest BCUT2D eigenvalue weighted by Crippen LogP contribution is -2.63. The Morgan fingerprint density at radius 3 is 2.64 bits per heavy atom. The van der Waals surface area contributed by atoms with E-state index in [-0.39, 0.29) is 11.9 Å². The minimum absolute atomic E-state index is 0.215. The summed E-state index contributed by atoms with van der Waals surface area (Å²) in [5.41, 5.74) is 1.80. The van der Waals surface area contributed by atoms with Gasteiger partial charge < -0.3 is 9.64 Å².